The van der Waals surface area contributed by atoms with Crippen molar-refractivity contribution in [3.8, 4) is 0 Å². The first-order chi connectivity index (χ1) is 6.81. The van der Waals surface area contributed by atoms with Crippen molar-refractivity contribution >= 4 is 22.2 Å². The first kappa shape index (κ1) is 9.48. The van der Waals surface area contributed by atoms with Crippen molar-refractivity contribution in [2.24, 2.45) is 0 Å². The lowest BCUT2D eigenvalue weighted by molar-refractivity contribution is 0.636. The Morgan fingerprint density at radius 1 is 1.36 bits per heavy atom. The maximum atomic E-state index is 9.79. The lowest BCUT2D eigenvalue weighted by Gasteiger charge is -1.96. The smallest absolute Gasteiger partial charge is 0.192 e. The van der Waals surface area contributed by atoms with E-state index >= 15 is 0 Å². The van der Waals surface area contributed by atoms with Crippen molar-refractivity contribution in [1.82, 2.24) is 15.4 Å². The molecule has 2 N–H and O–H groups in total. The summed E-state index contributed by atoms with van der Waals surface area (Å²) >= 11 is -0.655. The molecule has 1 unspecified atom stereocenters. The molecule has 0 fully saturated rings. The summed E-state index contributed by atoms with van der Waals surface area (Å²) in [5, 5.41) is 10.5. The molecule has 1 aromatic heterocycles. The van der Waals surface area contributed by atoms with E-state index in [1.54, 1.807) is 0 Å². The summed E-state index contributed by atoms with van der Waals surface area (Å²) in [5.74, 6) is 0.809. The van der Waals surface area contributed by atoms with Gasteiger partial charge in [-0.15, -0.1) is 0 Å². The maximum Gasteiger partial charge on any atom is 0.192 e. The van der Waals surface area contributed by atoms with E-state index in [0.29, 0.717) is 0 Å². The molecule has 4 nitrogen and oxygen atoms in total. The minimum Gasteiger partial charge on any atom is -0.197 e. The molecule has 1 atom stereocenters. The van der Waals surface area contributed by atoms with Crippen LogP contribution in [0, 0.1) is 0 Å². The minimum absolute atomic E-state index is 0.655. The van der Waals surface area contributed by atoms with Gasteiger partial charge in [0.15, 0.2) is 16.1 Å². The Labute approximate surface area is 84.9 Å². The molecule has 1 aromatic carbocycles. The number of nitrogens with zero attached hydrogens (tertiary/aromatic N) is 2. The highest BCUT2D eigenvalue weighted by atomic mass is 32.2. The van der Waals surface area contributed by atoms with Gasteiger partial charge in [-0.1, -0.05) is 6.92 Å². The number of aromatic amines is 1. The largest absolute Gasteiger partial charge is 0.197 e. The Bertz CT molecular complexity index is 429. The molecule has 0 radical (unpaired) electrons. The van der Waals surface area contributed by atoms with Crippen LogP contribution in [0.5, 0.6) is 0 Å². The van der Waals surface area contributed by atoms with Crippen LogP contribution in [0.4, 0.5) is 0 Å². The number of hydrogen-bond acceptors (Lipinski definition) is 3. The van der Waals surface area contributed by atoms with Gasteiger partial charge in [0.05, 0.1) is 0 Å². The van der Waals surface area contributed by atoms with Crippen LogP contribution in [0.15, 0.2) is 23.1 Å². The molecule has 5 heteroatoms. The fourth-order valence-corrected chi connectivity index (χ4v) is 2.37. The van der Waals surface area contributed by atoms with E-state index < -0.39 is 11.2 Å². The zero-order valence-electron chi connectivity index (χ0n) is 7.90. The van der Waals surface area contributed by atoms with Crippen LogP contribution >= 0.6 is 0 Å². The fraction of sp³-hybridized carbons (Fsp3) is 0.333. The van der Waals surface area contributed by atoms with Crippen LogP contribution < -0.4 is 0 Å². The van der Waals surface area contributed by atoms with Crippen LogP contribution in [0.3, 0.4) is 0 Å². The number of benzene rings is 1. The first-order valence-corrected chi connectivity index (χ1v) is 5.87. The van der Waals surface area contributed by atoms with Gasteiger partial charge < -0.3 is 0 Å². The van der Waals surface area contributed by atoms with Crippen LogP contribution in [0.2, 0.25) is 0 Å². The standard InChI is InChI=1S/C9H12N3OS/c1-2-5-14(13)7-3-4-8-9(6-7)11-12-10-8/h3-4,6,13H,2,5H2,1H3,(H,10,11,12)/q+1. The van der Waals surface area contributed by atoms with Gasteiger partial charge in [-0.3, -0.25) is 0 Å². The van der Waals surface area contributed by atoms with Gasteiger partial charge in [0.1, 0.15) is 16.8 Å². The number of aromatic nitrogens is 3. The fourth-order valence-electron chi connectivity index (χ4n) is 1.28. The highest BCUT2D eigenvalue weighted by molar-refractivity contribution is 7.91. The van der Waals surface area contributed by atoms with E-state index in [2.05, 4.69) is 22.3 Å². The van der Waals surface area contributed by atoms with Crippen molar-refractivity contribution < 1.29 is 4.55 Å². The van der Waals surface area contributed by atoms with Crippen molar-refractivity contribution in [2.45, 2.75) is 18.2 Å². The van der Waals surface area contributed by atoms with E-state index in [9.17, 15) is 4.55 Å². The van der Waals surface area contributed by atoms with Crippen LogP contribution in [-0.4, -0.2) is 25.7 Å². The Hall–Kier alpha value is -1.07. The molecule has 1 heterocycles. The highest BCUT2D eigenvalue weighted by Crippen LogP contribution is 2.16. The van der Waals surface area contributed by atoms with Crippen molar-refractivity contribution in [3.63, 3.8) is 0 Å². The summed E-state index contributed by atoms with van der Waals surface area (Å²) in [6, 6.07) is 5.67. The molecule has 0 aliphatic carbocycles. The van der Waals surface area contributed by atoms with Gasteiger partial charge in [-0.05, 0) is 18.6 Å². The molecular weight excluding hydrogens is 198 g/mol. The average molecular weight is 210 g/mol. The monoisotopic (exact) mass is 210 g/mol. The summed E-state index contributed by atoms with van der Waals surface area (Å²) in [5.41, 5.74) is 1.65. The molecular formula is C9H12N3OS+. The molecule has 0 saturated carbocycles. The summed E-state index contributed by atoms with van der Waals surface area (Å²) in [4.78, 5) is 0.938. The van der Waals surface area contributed by atoms with Gasteiger partial charge in [-0.2, -0.15) is 20.0 Å². The topological polar surface area (TPSA) is 61.8 Å². The van der Waals surface area contributed by atoms with E-state index in [1.807, 2.05) is 18.2 Å². The van der Waals surface area contributed by atoms with E-state index in [0.717, 1.165) is 28.1 Å². The first-order valence-electron chi connectivity index (χ1n) is 4.51. The summed E-state index contributed by atoms with van der Waals surface area (Å²) in [7, 11) is 0. The second kappa shape index (κ2) is 3.98. The van der Waals surface area contributed by atoms with Gasteiger partial charge in [0.2, 0.25) is 0 Å². The third kappa shape index (κ3) is 1.73. The van der Waals surface area contributed by atoms with Gasteiger partial charge >= 0.3 is 0 Å². The Morgan fingerprint density at radius 3 is 2.93 bits per heavy atom. The van der Waals surface area contributed by atoms with E-state index in [-0.39, 0.29) is 0 Å². The van der Waals surface area contributed by atoms with Crippen LogP contribution in [-0.2, 0) is 11.2 Å². The lowest BCUT2D eigenvalue weighted by atomic mass is 10.3. The molecule has 0 amide bonds. The van der Waals surface area contributed by atoms with Gasteiger partial charge in [-0.25, -0.2) is 0 Å². The predicted molar refractivity (Wildman–Crippen MR) is 57.3 cm³/mol. The quantitative estimate of drug-likeness (QED) is 0.759. The lowest BCUT2D eigenvalue weighted by Crippen LogP contribution is -2.04. The van der Waals surface area contributed by atoms with Crippen molar-refractivity contribution in [2.75, 3.05) is 5.75 Å². The normalized spacial score (nSPS) is 13.3. The number of hydrogen-bond donors (Lipinski definition) is 2. The second-order valence-corrected chi connectivity index (χ2v) is 4.65. The minimum atomic E-state index is -0.655. The Kier molecular flexibility index (Phi) is 2.69. The van der Waals surface area contributed by atoms with E-state index in [1.165, 1.54) is 0 Å². The SMILES string of the molecule is CCC[S+](O)c1ccc2n[nH]nc2c1. The van der Waals surface area contributed by atoms with Gasteiger partial charge in [0.25, 0.3) is 0 Å². The third-order valence-corrected chi connectivity index (χ3v) is 3.55. The highest BCUT2D eigenvalue weighted by Gasteiger charge is 2.18. The number of nitrogens with one attached hydrogen (secondary N) is 1. The summed E-state index contributed by atoms with van der Waals surface area (Å²) in [6.45, 7) is 2.06. The predicted octanol–water partition coefficient (Wildman–Crippen LogP) is 1.82. The molecule has 0 saturated heterocycles. The zero-order chi connectivity index (χ0) is 9.97. The molecule has 0 spiro atoms. The molecule has 0 aliphatic rings. The second-order valence-electron chi connectivity index (χ2n) is 3.04. The van der Waals surface area contributed by atoms with E-state index in [4.69, 9.17) is 0 Å². The molecule has 0 aliphatic heterocycles. The zero-order valence-corrected chi connectivity index (χ0v) is 8.71. The third-order valence-electron chi connectivity index (χ3n) is 1.96. The maximum absolute atomic E-state index is 9.79. The van der Waals surface area contributed by atoms with Gasteiger partial charge in [0, 0.05) is 6.07 Å². The Balaban J connectivity index is 2.33. The van der Waals surface area contributed by atoms with Crippen molar-refractivity contribution in [1.29, 1.82) is 0 Å². The molecule has 14 heavy (non-hydrogen) atoms. The molecule has 2 aromatic rings. The molecule has 74 valence electrons. The molecule has 0 bridgehead atoms. The average Bonchev–Trinajstić information content (AvgIpc) is 2.64. The van der Waals surface area contributed by atoms with Crippen LogP contribution in [0.1, 0.15) is 13.3 Å². The van der Waals surface area contributed by atoms with Crippen molar-refractivity contribution in [3.05, 3.63) is 18.2 Å². The summed E-state index contributed by atoms with van der Waals surface area (Å²) < 4.78 is 9.79. The number of fused-ring (bicyclic) bond motifs is 1. The Morgan fingerprint density at radius 2 is 2.14 bits per heavy atom. The van der Waals surface area contributed by atoms with Crippen LogP contribution in [0.25, 0.3) is 11.0 Å². The number of rotatable bonds is 3. The summed E-state index contributed by atoms with van der Waals surface area (Å²) in [6.07, 6.45) is 0.983. The molecule has 2 rings (SSSR count). The number of H-pyrrole nitrogens is 1.